The molecule has 1 aromatic heterocycles. The summed E-state index contributed by atoms with van der Waals surface area (Å²) in [6.07, 6.45) is 1.69. The molecule has 1 aromatic rings. The zero-order chi connectivity index (χ0) is 10.9. The summed E-state index contributed by atoms with van der Waals surface area (Å²) in [5, 5.41) is 9.79. The van der Waals surface area contributed by atoms with Crippen LogP contribution in [0.4, 0.5) is 8.78 Å². The molecule has 2 atom stereocenters. The van der Waals surface area contributed by atoms with Crippen molar-refractivity contribution in [1.29, 1.82) is 0 Å². The van der Waals surface area contributed by atoms with Gasteiger partial charge in [-0.05, 0) is 13.8 Å². The Hall–Kier alpha value is -1.07. The zero-order valence-corrected chi connectivity index (χ0v) is 7.96. The van der Waals surface area contributed by atoms with E-state index in [1.165, 1.54) is 13.8 Å². The minimum absolute atomic E-state index is 0.442. The van der Waals surface area contributed by atoms with Crippen molar-refractivity contribution in [2.75, 3.05) is 0 Å². The van der Waals surface area contributed by atoms with Crippen LogP contribution in [0.5, 0.6) is 0 Å². The molecule has 3 nitrogen and oxygen atoms in total. The lowest BCUT2D eigenvalue weighted by atomic mass is 9.89. The molecule has 0 aromatic carbocycles. The quantitative estimate of drug-likeness (QED) is 0.749. The van der Waals surface area contributed by atoms with Gasteiger partial charge >= 0.3 is 0 Å². The molecule has 0 spiro atoms. The monoisotopic (exact) mass is 202 g/mol. The van der Waals surface area contributed by atoms with Crippen LogP contribution in [0.15, 0.2) is 12.4 Å². The first-order valence-corrected chi connectivity index (χ1v) is 4.14. The highest BCUT2D eigenvalue weighted by molar-refractivity contribution is 5.23. The molecule has 1 heterocycles. The molecule has 0 aliphatic carbocycles. The van der Waals surface area contributed by atoms with Crippen molar-refractivity contribution < 1.29 is 13.9 Å². The third-order valence-corrected chi connectivity index (χ3v) is 2.25. The van der Waals surface area contributed by atoms with E-state index in [9.17, 15) is 13.9 Å². The van der Waals surface area contributed by atoms with Gasteiger partial charge < -0.3 is 10.8 Å². The van der Waals surface area contributed by atoms with E-state index in [2.05, 4.69) is 4.98 Å². The van der Waals surface area contributed by atoms with Crippen LogP contribution in [-0.4, -0.2) is 16.1 Å². The van der Waals surface area contributed by atoms with Gasteiger partial charge in [-0.3, -0.25) is 4.98 Å². The van der Waals surface area contributed by atoms with Crippen LogP contribution in [0, 0.1) is 11.6 Å². The van der Waals surface area contributed by atoms with Gasteiger partial charge in [-0.25, -0.2) is 8.78 Å². The fourth-order valence-electron chi connectivity index (χ4n) is 1.12. The van der Waals surface area contributed by atoms with Gasteiger partial charge in [0.2, 0.25) is 0 Å². The van der Waals surface area contributed by atoms with Gasteiger partial charge in [0.15, 0.2) is 11.6 Å². The second-order valence-corrected chi connectivity index (χ2v) is 3.41. The lowest BCUT2D eigenvalue weighted by Crippen LogP contribution is -2.42. The van der Waals surface area contributed by atoms with Gasteiger partial charge in [0.1, 0.15) is 5.60 Å². The Kier molecular flexibility index (Phi) is 2.82. The Bertz CT molecular complexity index is 319. The molecule has 0 fully saturated rings. The number of pyridine rings is 1. The van der Waals surface area contributed by atoms with E-state index < -0.39 is 28.8 Å². The van der Waals surface area contributed by atoms with Gasteiger partial charge in [-0.2, -0.15) is 0 Å². The molecule has 0 aliphatic heterocycles. The molecule has 0 bridgehead atoms. The highest BCUT2D eigenvalue weighted by atomic mass is 19.1. The maximum Gasteiger partial charge on any atom is 0.150 e. The molecule has 1 rings (SSSR count). The molecule has 3 N–H and O–H groups in total. The van der Waals surface area contributed by atoms with Gasteiger partial charge in [-0.1, -0.05) is 0 Å². The molecule has 0 radical (unpaired) electrons. The molecule has 0 saturated heterocycles. The van der Waals surface area contributed by atoms with Crippen molar-refractivity contribution in [3.63, 3.8) is 0 Å². The number of hydrogen-bond donors (Lipinski definition) is 2. The first-order chi connectivity index (χ1) is 6.37. The smallest absolute Gasteiger partial charge is 0.150 e. The van der Waals surface area contributed by atoms with E-state index in [1.807, 2.05) is 0 Å². The van der Waals surface area contributed by atoms with Crippen molar-refractivity contribution in [1.82, 2.24) is 4.98 Å². The van der Waals surface area contributed by atoms with Gasteiger partial charge in [0, 0.05) is 6.04 Å². The number of nitrogens with two attached hydrogens (primary N) is 1. The Labute approximate surface area is 80.6 Å². The molecule has 0 aliphatic rings. The largest absolute Gasteiger partial charge is 0.384 e. The van der Waals surface area contributed by atoms with Crippen LogP contribution in [0.25, 0.3) is 0 Å². The van der Waals surface area contributed by atoms with E-state index in [0.29, 0.717) is 0 Å². The molecular formula is C9H12F2N2O. The van der Waals surface area contributed by atoms with Crippen molar-refractivity contribution in [2.24, 2.45) is 5.73 Å². The Morgan fingerprint density at radius 1 is 1.43 bits per heavy atom. The predicted octanol–water partition coefficient (Wildman–Crippen LogP) is 0.915. The number of aromatic nitrogens is 1. The van der Waals surface area contributed by atoms with E-state index in [1.54, 1.807) is 0 Å². The predicted molar refractivity (Wildman–Crippen MR) is 47.4 cm³/mol. The van der Waals surface area contributed by atoms with Gasteiger partial charge in [-0.15, -0.1) is 0 Å². The van der Waals surface area contributed by atoms with Crippen LogP contribution in [0.2, 0.25) is 0 Å². The van der Waals surface area contributed by atoms with E-state index in [-0.39, 0.29) is 0 Å². The molecule has 2 unspecified atom stereocenters. The van der Waals surface area contributed by atoms with E-state index >= 15 is 0 Å². The summed E-state index contributed by atoms with van der Waals surface area (Å²) in [5.41, 5.74) is 3.26. The zero-order valence-electron chi connectivity index (χ0n) is 7.96. The summed E-state index contributed by atoms with van der Waals surface area (Å²) in [7, 11) is 0. The summed E-state index contributed by atoms with van der Waals surface area (Å²) in [6, 6.07) is -0.783. The second-order valence-electron chi connectivity index (χ2n) is 3.41. The number of rotatable bonds is 2. The number of nitrogens with zero attached hydrogens (tertiary/aromatic N) is 1. The standard InChI is InChI=1S/C9H12F2N2O/c1-5(12)9(2,14)8-6(10)3-13-4-7(8)11/h3-5,14H,12H2,1-2H3. The Balaban J connectivity index is 3.31. The summed E-state index contributed by atoms with van der Waals surface area (Å²) in [4.78, 5) is 3.32. The number of halogens is 2. The summed E-state index contributed by atoms with van der Waals surface area (Å²) in [5.74, 6) is -1.79. The maximum atomic E-state index is 13.2. The maximum absolute atomic E-state index is 13.2. The number of aliphatic hydroxyl groups is 1. The SMILES string of the molecule is CC(N)C(C)(O)c1c(F)cncc1F. The third kappa shape index (κ3) is 1.73. The second kappa shape index (κ2) is 3.59. The first kappa shape index (κ1) is 11.0. The van der Waals surface area contributed by atoms with Crippen LogP contribution in [-0.2, 0) is 5.60 Å². The molecule has 0 saturated carbocycles. The minimum Gasteiger partial charge on any atom is -0.384 e. The average Bonchev–Trinajstić information content (AvgIpc) is 2.02. The van der Waals surface area contributed by atoms with Crippen LogP contribution in [0.1, 0.15) is 19.4 Å². The fraction of sp³-hybridized carbons (Fsp3) is 0.444. The fourth-order valence-corrected chi connectivity index (χ4v) is 1.12. The van der Waals surface area contributed by atoms with E-state index in [4.69, 9.17) is 5.73 Å². The summed E-state index contributed by atoms with van der Waals surface area (Å²) in [6.45, 7) is 2.73. The van der Waals surface area contributed by atoms with Crippen molar-refractivity contribution in [3.8, 4) is 0 Å². The van der Waals surface area contributed by atoms with Crippen molar-refractivity contribution >= 4 is 0 Å². The molecular weight excluding hydrogens is 190 g/mol. The molecule has 78 valence electrons. The van der Waals surface area contributed by atoms with Crippen LogP contribution >= 0.6 is 0 Å². The normalized spacial score (nSPS) is 17.6. The summed E-state index contributed by atoms with van der Waals surface area (Å²) < 4.78 is 26.4. The van der Waals surface area contributed by atoms with Crippen LogP contribution < -0.4 is 5.73 Å². The summed E-state index contributed by atoms with van der Waals surface area (Å²) >= 11 is 0. The molecule has 0 amide bonds. The average molecular weight is 202 g/mol. The highest BCUT2D eigenvalue weighted by Crippen LogP contribution is 2.27. The van der Waals surface area contributed by atoms with Crippen LogP contribution in [0.3, 0.4) is 0 Å². The van der Waals surface area contributed by atoms with Gasteiger partial charge in [0.05, 0.1) is 18.0 Å². The lowest BCUT2D eigenvalue weighted by Gasteiger charge is -2.28. The van der Waals surface area contributed by atoms with Crippen molar-refractivity contribution in [2.45, 2.75) is 25.5 Å². The minimum atomic E-state index is -1.74. The third-order valence-electron chi connectivity index (χ3n) is 2.25. The van der Waals surface area contributed by atoms with E-state index in [0.717, 1.165) is 12.4 Å². The lowest BCUT2D eigenvalue weighted by molar-refractivity contribution is 0.0274. The van der Waals surface area contributed by atoms with Crippen molar-refractivity contribution in [3.05, 3.63) is 29.6 Å². The first-order valence-electron chi connectivity index (χ1n) is 4.14. The molecule has 5 heteroatoms. The highest BCUT2D eigenvalue weighted by Gasteiger charge is 2.33. The number of hydrogen-bond acceptors (Lipinski definition) is 3. The molecule has 14 heavy (non-hydrogen) atoms. The Morgan fingerprint density at radius 2 is 1.86 bits per heavy atom. The van der Waals surface area contributed by atoms with Gasteiger partial charge in [0.25, 0.3) is 0 Å². The Morgan fingerprint density at radius 3 is 2.21 bits per heavy atom. The topological polar surface area (TPSA) is 59.1 Å².